The van der Waals surface area contributed by atoms with Gasteiger partial charge in [-0.25, -0.2) is 9.18 Å². The topological polar surface area (TPSA) is 63.3 Å². The first-order valence-electron chi connectivity index (χ1n) is 4.86. The molecule has 0 bridgehead atoms. The van der Waals surface area contributed by atoms with Crippen LogP contribution in [-0.2, 0) is 6.18 Å². The zero-order valence-electron chi connectivity index (χ0n) is 9.03. The molecule has 1 N–H and O–H groups in total. The van der Waals surface area contributed by atoms with Gasteiger partial charge >= 0.3 is 12.1 Å². The van der Waals surface area contributed by atoms with Gasteiger partial charge in [-0.3, -0.25) is 0 Å². The number of aromatic carboxylic acids is 1. The summed E-state index contributed by atoms with van der Waals surface area (Å²) in [4.78, 5) is 10.5. The van der Waals surface area contributed by atoms with Crippen LogP contribution in [-0.4, -0.2) is 16.2 Å². The Labute approximate surface area is 103 Å². The van der Waals surface area contributed by atoms with Crippen LogP contribution in [0.2, 0.25) is 0 Å². The summed E-state index contributed by atoms with van der Waals surface area (Å²) in [6.07, 6.45) is -4.79. The van der Waals surface area contributed by atoms with Gasteiger partial charge in [0.25, 0.3) is 0 Å². The number of nitrogens with zero attached hydrogens (tertiary/aromatic N) is 1. The predicted molar refractivity (Wildman–Crippen MR) is 53.9 cm³/mol. The van der Waals surface area contributed by atoms with Crippen molar-refractivity contribution in [2.45, 2.75) is 6.18 Å². The van der Waals surface area contributed by atoms with Gasteiger partial charge in [0.05, 0.1) is 5.56 Å². The molecular formula is C11H5F4NO3. The van der Waals surface area contributed by atoms with E-state index in [-0.39, 0.29) is 11.3 Å². The molecule has 19 heavy (non-hydrogen) atoms. The molecular weight excluding hydrogens is 270 g/mol. The molecule has 0 amide bonds. The summed E-state index contributed by atoms with van der Waals surface area (Å²) in [6.45, 7) is 0. The highest BCUT2D eigenvalue weighted by Crippen LogP contribution is 2.33. The molecule has 0 unspecified atom stereocenters. The van der Waals surface area contributed by atoms with Gasteiger partial charge < -0.3 is 9.63 Å². The number of rotatable bonds is 2. The molecule has 0 aliphatic rings. The van der Waals surface area contributed by atoms with E-state index in [0.717, 1.165) is 12.1 Å². The van der Waals surface area contributed by atoms with E-state index in [1.54, 1.807) is 0 Å². The van der Waals surface area contributed by atoms with Crippen molar-refractivity contribution in [3.63, 3.8) is 0 Å². The lowest BCUT2D eigenvalue weighted by Gasteiger charge is -2.08. The zero-order valence-corrected chi connectivity index (χ0v) is 9.03. The molecule has 0 aliphatic heterocycles. The summed E-state index contributed by atoms with van der Waals surface area (Å²) in [5.41, 5.74) is -1.48. The highest BCUT2D eigenvalue weighted by atomic mass is 19.4. The van der Waals surface area contributed by atoms with E-state index in [2.05, 4.69) is 9.68 Å². The van der Waals surface area contributed by atoms with Gasteiger partial charge in [0.1, 0.15) is 11.5 Å². The van der Waals surface area contributed by atoms with Crippen LogP contribution in [0.4, 0.5) is 17.6 Å². The van der Waals surface area contributed by atoms with E-state index in [4.69, 9.17) is 5.11 Å². The summed E-state index contributed by atoms with van der Waals surface area (Å²) in [5.74, 6) is -3.34. The molecule has 0 saturated carbocycles. The van der Waals surface area contributed by atoms with Crippen molar-refractivity contribution in [3.8, 4) is 11.3 Å². The quantitative estimate of drug-likeness (QED) is 0.855. The van der Waals surface area contributed by atoms with Gasteiger partial charge in [-0.1, -0.05) is 11.2 Å². The minimum Gasteiger partial charge on any atom is -0.475 e. The van der Waals surface area contributed by atoms with Crippen LogP contribution in [0.3, 0.4) is 0 Å². The number of hydrogen-bond donors (Lipinski definition) is 1. The minimum absolute atomic E-state index is 0.0123. The van der Waals surface area contributed by atoms with Crippen LogP contribution in [0.1, 0.15) is 16.1 Å². The Morgan fingerprint density at radius 3 is 2.42 bits per heavy atom. The lowest BCUT2D eigenvalue weighted by atomic mass is 10.1. The Morgan fingerprint density at radius 1 is 1.26 bits per heavy atom. The molecule has 1 aromatic heterocycles. The molecule has 100 valence electrons. The largest absolute Gasteiger partial charge is 0.475 e. The molecule has 0 atom stereocenters. The molecule has 8 heteroatoms. The molecule has 0 fully saturated rings. The lowest BCUT2D eigenvalue weighted by molar-refractivity contribution is -0.139. The number of carbonyl (C=O) groups is 1. The normalized spacial score (nSPS) is 11.6. The number of carboxylic acid groups (broad SMARTS) is 1. The number of halogens is 4. The Bertz CT molecular complexity index is 633. The van der Waals surface area contributed by atoms with Crippen molar-refractivity contribution in [3.05, 3.63) is 41.4 Å². The van der Waals surface area contributed by atoms with Crippen molar-refractivity contribution in [2.24, 2.45) is 0 Å². The maximum Gasteiger partial charge on any atom is 0.419 e. The third kappa shape index (κ3) is 2.56. The second-order valence-electron chi connectivity index (χ2n) is 3.57. The average Bonchev–Trinajstić information content (AvgIpc) is 2.76. The Hall–Kier alpha value is -2.38. The van der Waals surface area contributed by atoms with Crippen LogP contribution >= 0.6 is 0 Å². The third-order valence-corrected chi connectivity index (χ3v) is 2.29. The zero-order chi connectivity index (χ0) is 14.2. The van der Waals surface area contributed by atoms with Crippen LogP contribution in [0.25, 0.3) is 11.3 Å². The molecule has 2 rings (SSSR count). The molecule has 0 radical (unpaired) electrons. The monoisotopic (exact) mass is 275 g/mol. The maximum absolute atomic E-state index is 13.3. The predicted octanol–water partition coefficient (Wildman–Crippen LogP) is 3.20. The lowest BCUT2D eigenvalue weighted by Crippen LogP contribution is -2.07. The Kier molecular flexibility index (Phi) is 3.01. The number of hydrogen-bond acceptors (Lipinski definition) is 3. The smallest absolute Gasteiger partial charge is 0.419 e. The fraction of sp³-hybridized carbons (Fsp3) is 0.0909. The average molecular weight is 275 g/mol. The van der Waals surface area contributed by atoms with E-state index < -0.39 is 29.3 Å². The van der Waals surface area contributed by atoms with E-state index in [1.807, 2.05) is 0 Å². The SMILES string of the molecule is O=C(O)c1cc(-c2ccc(C(F)(F)F)c(F)c2)no1. The van der Waals surface area contributed by atoms with Crippen LogP contribution < -0.4 is 0 Å². The summed E-state index contributed by atoms with van der Waals surface area (Å²) in [6, 6.07) is 3.14. The first-order chi connectivity index (χ1) is 8.79. The van der Waals surface area contributed by atoms with Gasteiger partial charge in [-0.15, -0.1) is 0 Å². The van der Waals surface area contributed by atoms with Crippen molar-refractivity contribution < 1.29 is 32.0 Å². The molecule has 4 nitrogen and oxygen atoms in total. The van der Waals surface area contributed by atoms with Crippen LogP contribution in [0.5, 0.6) is 0 Å². The highest BCUT2D eigenvalue weighted by molar-refractivity contribution is 5.85. The fourth-order valence-electron chi connectivity index (χ4n) is 1.42. The van der Waals surface area contributed by atoms with Gasteiger partial charge in [-0.05, 0) is 12.1 Å². The van der Waals surface area contributed by atoms with E-state index in [0.29, 0.717) is 12.1 Å². The number of carboxylic acids is 1. The maximum atomic E-state index is 13.3. The van der Waals surface area contributed by atoms with Crippen LogP contribution in [0.15, 0.2) is 28.8 Å². The standard InChI is InChI=1S/C11H5F4NO3/c12-7-3-5(1-2-6(7)11(13,14)15)8-4-9(10(17)18)19-16-8/h1-4H,(H,17,18). The summed E-state index contributed by atoms with van der Waals surface area (Å²) in [7, 11) is 0. The van der Waals surface area contributed by atoms with Gasteiger partial charge in [0, 0.05) is 11.6 Å². The first-order valence-corrected chi connectivity index (χ1v) is 4.86. The van der Waals surface area contributed by atoms with Crippen molar-refractivity contribution in [1.82, 2.24) is 5.16 Å². The summed E-state index contributed by atoms with van der Waals surface area (Å²) < 4.78 is 54.7. The molecule has 1 aromatic carbocycles. The van der Waals surface area contributed by atoms with Gasteiger partial charge in [0.2, 0.25) is 5.76 Å². The molecule has 2 aromatic rings. The van der Waals surface area contributed by atoms with Gasteiger partial charge in [-0.2, -0.15) is 13.2 Å². The molecule has 0 spiro atoms. The summed E-state index contributed by atoms with van der Waals surface area (Å²) >= 11 is 0. The minimum atomic E-state index is -4.79. The first kappa shape index (κ1) is 13.1. The third-order valence-electron chi connectivity index (χ3n) is 2.29. The second-order valence-corrected chi connectivity index (χ2v) is 3.57. The molecule has 0 saturated heterocycles. The highest BCUT2D eigenvalue weighted by Gasteiger charge is 2.34. The summed E-state index contributed by atoms with van der Waals surface area (Å²) in [5, 5.41) is 11.9. The van der Waals surface area contributed by atoms with E-state index in [1.165, 1.54) is 0 Å². The fourth-order valence-corrected chi connectivity index (χ4v) is 1.42. The number of alkyl halides is 3. The second kappa shape index (κ2) is 4.38. The van der Waals surface area contributed by atoms with Crippen molar-refractivity contribution in [2.75, 3.05) is 0 Å². The van der Waals surface area contributed by atoms with Crippen LogP contribution in [0, 0.1) is 5.82 Å². The Balaban J connectivity index is 2.41. The molecule has 0 aliphatic carbocycles. The molecule has 1 heterocycles. The van der Waals surface area contributed by atoms with E-state index >= 15 is 0 Å². The van der Waals surface area contributed by atoms with Crippen molar-refractivity contribution >= 4 is 5.97 Å². The van der Waals surface area contributed by atoms with Crippen molar-refractivity contribution in [1.29, 1.82) is 0 Å². The van der Waals surface area contributed by atoms with E-state index in [9.17, 15) is 22.4 Å². The van der Waals surface area contributed by atoms with Gasteiger partial charge in [0.15, 0.2) is 0 Å². The number of aromatic nitrogens is 1. The Morgan fingerprint density at radius 2 is 1.95 bits per heavy atom. The number of benzene rings is 1.